The lowest BCUT2D eigenvalue weighted by Crippen LogP contribution is -2.38. The molecule has 0 aliphatic carbocycles. The number of benzene rings is 1. The maximum absolute atomic E-state index is 11.8. The molecule has 1 aliphatic heterocycles. The first-order chi connectivity index (χ1) is 11.1. The molecule has 2 aromatic rings. The van der Waals surface area contributed by atoms with Crippen molar-refractivity contribution in [3.05, 3.63) is 47.7 Å². The molecule has 0 atom stereocenters. The molecule has 3 amide bonds. The number of anilines is 1. The van der Waals surface area contributed by atoms with Gasteiger partial charge in [-0.1, -0.05) is 0 Å². The van der Waals surface area contributed by atoms with Crippen molar-refractivity contribution in [2.45, 2.75) is 13.5 Å². The summed E-state index contributed by atoms with van der Waals surface area (Å²) < 4.78 is 5.87. The zero-order valence-corrected chi connectivity index (χ0v) is 12.6. The highest BCUT2D eigenvalue weighted by molar-refractivity contribution is 5.93. The molecule has 7 nitrogen and oxygen atoms in total. The van der Waals surface area contributed by atoms with Crippen LogP contribution in [0.3, 0.4) is 0 Å². The Bertz CT molecular complexity index is 758. The van der Waals surface area contributed by atoms with Crippen LogP contribution in [0.4, 0.5) is 10.6 Å². The Morgan fingerprint density at radius 3 is 2.74 bits per heavy atom. The number of urea groups is 1. The summed E-state index contributed by atoms with van der Waals surface area (Å²) in [6.07, 6.45) is 1.58. The molecule has 1 aliphatic rings. The highest BCUT2D eigenvalue weighted by Gasteiger charge is 2.25. The highest BCUT2D eigenvalue weighted by atomic mass is 16.5. The van der Waals surface area contributed by atoms with Crippen LogP contribution in [-0.4, -0.2) is 28.4 Å². The van der Waals surface area contributed by atoms with Crippen molar-refractivity contribution in [2.24, 2.45) is 5.73 Å². The van der Waals surface area contributed by atoms with Crippen molar-refractivity contribution in [1.29, 1.82) is 0 Å². The second-order valence-electron chi connectivity index (χ2n) is 5.07. The molecule has 0 fully saturated rings. The van der Waals surface area contributed by atoms with Crippen molar-refractivity contribution >= 4 is 17.8 Å². The Kier molecular flexibility index (Phi) is 3.84. The van der Waals surface area contributed by atoms with Gasteiger partial charge in [-0.3, -0.25) is 10.1 Å². The molecule has 0 unspecified atom stereocenters. The van der Waals surface area contributed by atoms with Crippen LogP contribution >= 0.6 is 0 Å². The minimum absolute atomic E-state index is 0.171. The number of aromatic nitrogens is 1. The fourth-order valence-electron chi connectivity index (χ4n) is 2.34. The molecule has 118 valence electrons. The topological polar surface area (TPSA) is 97.6 Å². The number of nitrogens with two attached hydrogens (primary N) is 1. The molecule has 0 bridgehead atoms. The van der Waals surface area contributed by atoms with Gasteiger partial charge < -0.3 is 15.4 Å². The zero-order chi connectivity index (χ0) is 16.4. The lowest BCUT2D eigenvalue weighted by Gasteiger charge is -2.28. The van der Waals surface area contributed by atoms with E-state index in [2.05, 4.69) is 10.3 Å². The van der Waals surface area contributed by atoms with E-state index in [0.29, 0.717) is 36.0 Å². The molecule has 0 spiro atoms. The molecule has 1 aromatic carbocycles. The van der Waals surface area contributed by atoms with Crippen LogP contribution in [0.1, 0.15) is 22.8 Å². The SMILES string of the molecule is CCN1Cc2c(Oc3ccc(C(N)=O)cc3)ccnc2NC1=O. The summed E-state index contributed by atoms with van der Waals surface area (Å²) in [4.78, 5) is 28.8. The van der Waals surface area contributed by atoms with E-state index in [0.717, 1.165) is 5.56 Å². The number of nitrogens with zero attached hydrogens (tertiary/aromatic N) is 2. The fraction of sp³-hybridized carbons (Fsp3) is 0.188. The molecule has 0 saturated heterocycles. The van der Waals surface area contributed by atoms with E-state index in [-0.39, 0.29) is 6.03 Å². The van der Waals surface area contributed by atoms with E-state index in [1.807, 2.05) is 6.92 Å². The van der Waals surface area contributed by atoms with Gasteiger partial charge >= 0.3 is 6.03 Å². The fourth-order valence-corrected chi connectivity index (χ4v) is 2.34. The van der Waals surface area contributed by atoms with E-state index in [1.165, 1.54) is 0 Å². The van der Waals surface area contributed by atoms with E-state index >= 15 is 0 Å². The number of hydrogen-bond acceptors (Lipinski definition) is 4. The van der Waals surface area contributed by atoms with Crippen LogP contribution in [0.25, 0.3) is 0 Å². The first-order valence-electron chi connectivity index (χ1n) is 7.20. The van der Waals surface area contributed by atoms with E-state index in [9.17, 15) is 9.59 Å². The van der Waals surface area contributed by atoms with Gasteiger partial charge in [0, 0.05) is 18.3 Å². The Morgan fingerprint density at radius 1 is 1.35 bits per heavy atom. The summed E-state index contributed by atoms with van der Waals surface area (Å²) in [5, 5.41) is 2.75. The van der Waals surface area contributed by atoms with E-state index < -0.39 is 5.91 Å². The minimum atomic E-state index is -0.487. The molecular formula is C16H16N4O3. The van der Waals surface area contributed by atoms with Gasteiger partial charge in [-0.2, -0.15) is 0 Å². The lowest BCUT2D eigenvalue weighted by atomic mass is 10.1. The van der Waals surface area contributed by atoms with Crippen LogP contribution in [-0.2, 0) is 6.54 Å². The van der Waals surface area contributed by atoms with Crippen LogP contribution in [0.2, 0.25) is 0 Å². The van der Waals surface area contributed by atoms with E-state index in [4.69, 9.17) is 10.5 Å². The summed E-state index contributed by atoms with van der Waals surface area (Å²) in [5.74, 6) is 1.20. The number of pyridine rings is 1. The number of carbonyl (C=O) groups excluding carboxylic acids is 2. The normalized spacial score (nSPS) is 13.3. The third-order valence-electron chi connectivity index (χ3n) is 3.62. The van der Waals surface area contributed by atoms with Gasteiger partial charge in [0.1, 0.15) is 17.3 Å². The summed E-state index contributed by atoms with van der Waals surface area (Å²) >= 11 is 0. The number of nitrogens with one attached hydrogen (secondary N) is 1. The van der Waals surface area contributed by atoms with Crippen LogP contribution in [0, 0.1) is 0 Å². The molecule has 0 radical (unpaired) electrons. The highest BCUT2D eigenvalue weighted by Crippen LogP contribution is 2.32. The smallest absolute Gasteiger partial charge is 0.323 e. The van der Waals surface area contributed by atoms with Gasteiger partial charge in [0.05, 0.1) is 12.1 Å². The zero-order valence-electron chi connectivity index (χ0n) is 12.6. The third-order valence-corrected chi connectivity index (χ3v) is 3.62. The number of rotatable bonds is 4. The molecular weight excluding hydrogens is 296 g/mol. The van der Waals surface area contributed by atoms with Crippen molar-refractivity contribution in [2.75, 3.05) is 11.9 Å². The minimum Gasteiger partial charge on any atom is -0.457 e. The number of primary amides is 1. The number of hydrogen-bond donors (Lipinski definition) is 2. The number of carbonyl (C=O) groups is 2. The summed E-state index contributed by atoms with van der Waals surface area (Å²) in [5.41, 5.74) is 6.45. The quantitative estimate of drug-likeness (QED) is 0.905. The van der Waals surface area contributed by atoms with Gasteiger partial charge in [-0.25, -0.2) is 9.78 Å². The first kappa shape index (κ1) is 14.8. The standard InChI is InChI=1S/C16H16N4O3/c1-2-20-9-12-13(7-8-18-15(12)19-16(20)22)23-11-5-3-10(4-6-11)14(17)21/h3-8H,2,9H2,1H3,(H2,17,21)(H,18,19,22). The van der Waals surface area contributed by atoms with Crippen molar-refractivity contribution in [1.82, 2.24) is 9.88 Å². The first-order valence-corrected chi connectivity index (χ1v) is 7.20. The molecule has 0 saturated carbocycles. The van der Waals surface area contributed by atoms with Gasteiger partial charge in [-0.15, -0.1) is 0 Å². The van der Waals surface area contributed by atoms with Gasteiger partial charge in [0.15, 0.2) is 0 Å². The molecule has 23 heavy (non-hydrogen) atoms. The predicted molar refractivity (Wildman–Crippen MR) is 84.4 cm³/mol. The average Bonchev–Trinajstić information content (AvgIpc) is 2.55. The number of ether oxygens (including phenoxy) is 1. The van der Waals surface area contributed by atoms with Gasteiger partial charge in [-0.05, 0) is 37.3 Å². The second-order valence-corrected chi connectivity index (χ2v) is 5.07. The van der Waals surface area contributed by atoms with Crippen molar-refractivity contribution in [3.63, 3.8) is 0 Å². The molecule has 7 heteroatoms. The molecule has 3 rings (SSSR count). The maximum Gasteiger partial charge on any atom is 0.323 e. The maximum atomic E-state index is 11.8. The van der Waals surface area contributed by atoms with Gasteiger partial charge in [0.25, 0.3) is 0 Å². The van der Waals surface area contributed by atoms with E-state index in [1.54, 1.807) is 41.4 Å². The number of fused-ring (bicyclic) bond motifs is 1. The molecule has 1 aromatic heterocycles. The van der Waals surface area contributed by atoms with Crippen LogP contribution < -0.4 is 15.8 Å². The monoisotopic (exact) mass is 312 g/mol. The molecule has 3 N–H and O–H groups in total. The summed E-state index contributed by atoms with van der Waals surface area (Å²) in [6, 6.07) is 8.12. The lowest BCUT2D eigenvalue weighted by molar-refractivity contribution is 0.1000. The predicted octanol–water partition coefficient (Wildman–Crippen LogP) is 2.34. The van der Waals surface area contributed by atoms with Crippen LogP contribution in [0.5, 0.6) is 11.5 Å². The largest absolute Gasteiger partial charge is 0.457 e. The Hall–Kier alpha value is -3.09. The van der Waals surface area contributed by atoms with Crippen molar-refractivity contribution in [3.8, 4) is 11.5 Å². The van der Waals surface area contributed by atoms with Crippen LogP contribution in [0.15, 0.2) is 36.5 Å². The van der Waals surface area contributed by atoms with Crippen molar-refractivity contribution < 1.29 is 14.3 Å². The summed E-state index contributed by atoms with van der Waals surface area (Å²) in [7, 11) is 0. The summed E-state index contributed by atoms with van der Waals surface area (Å²) in [6.45, 7) is 2.93. The Balaban J connectivity index is 1.88. The van der Waals surface area contributed by atoms with Gasteiger partial charge in [0.2, 0.25) is 5.91 Å². The Labute approximate surface area is 133 Å². The average molecular weight is 312 g/mol. The Morgan fingerprint density at radius 2 is 2.09 bits per heavy atom. The number of amides is 3. The third kappa shape index (κ3) is 2.94. The molecule has 2 heterocycles. The second kappa shape index (κ2) is 5.96.